The van der Waals surface area contributed by atoms with Gasteiger partial charge in [-0.2, -0.15) is 18.2 Å². The van der Waals surface area contributed by atoms with Crippen molar-refractivity contribution in [3.05, 3.63) is 64.6 Å². The van der Waals surface area contributed by atoms with Crippen molar-refractivity contribution in [2.75, 3.05) is 32.6 Å². The fourth-order valence-corrected chi connectivity index (χ4v) is 5.71. The number of piperidine rings is 1. The number of carbonyl (C=O) groups excluding carboxylic acids is 1. The van der Waals surface area contributed by atoms with E-state index in [2.05, 4.69) is 25.5 Å². The van der Waals surface area contributed by atoms with Crippen LogP contribution in [0, 0.1) is 5.82 Å². The quantitative estimate of drug-likeness (QED) is 0.302. The van der Waals surface area contributed by atoms with E-state index in [0.29, 0.717) is 29.9 Å². The summed E-state index contributed by atoms with van der Waals surface area (Å²) in [6.07, 6.45) is -1.40. The minimum absolute atomic E-state index is 0.00621. The van der Waals surface area contributed by atoms with Gasteiger partial charge in [-0.25, -0.2) is 9.37 Å². The number of anilines is 2. The van der Waals surface area contributed by atoms with Gasteiger partial charge in [0.05, 0.1) is 18.4 Å². The Balaban J connectivity index is 1.23. The van der Waals surface area contributed by atoms with Crippen LogP contribution in [0.25, 0.3) is 0 Å². The second-order valence-corrected chi connectivity index (χ2v) is 11.3. The maximum atomic E-state index is 15.2. The Bertz CT molecular complexity index is 1560. The van der Waals surface area contributed by atoms with E-state index in [4.69, 9.17) is 9.47 Å². The number of hydrogen-bond acceptors (Lipinski definition) is 9. The van der Waals surface area contributed by atoms with E-state index in [0.717, 1.165) is 32.0 Å². The van der Waals surface area contributed by atoms with Crippen LogP contribution in [0.15, 0.2) is 36.5 Å². The second kappa shape index (κ2) is 11.8. The lowest BCUT2D eigenvalue weighted by atomic mass is 10.0. The lowest BCUT2D eigenvalue weighted by molar-refractivity contribution is -0.139. The van der Waals surface area contributed by atoms with Gasteiger partial charge in [-0.1, -0.05) is 12.1 Å². The highest BCUT2D eigenvalue weighted by atomic mass is 19.4. The third-order valence-electron chi connectivity index (χ3n) is 8.23. The molecule has 3 aliphatic rings. The number of methoxy groups -OCH3 is 1. The van der Waals surface area contributed by atoms with Crippen LogP contribution in [0.2, 0.25) is 0 Å². The standard InChI is InChI=1S/C30H32F4N6O4/c1-39-15-16-4-3-5-23(25(16)28(39)42)44-27-20(30(32,33)34)14-35-29(38-27)37-22-13-21(31)19(12-24(22)43-2)26(41)36-17-8-10-40(11-9-17)18-6-7-18/h3-5,12-14,17-18,28,42H,6-11,15H2,1-2H3,(H,36,41)(H,35,37,38). The van der Waals surface area contributed by atoms with Crippen LogP contribution in [0.1, 0.15) is 59.0 Å². The summed E-state index contributed by atoms with van der Waals surface area (Å²) in [5.74, 6) is -2.53. The lowest BCUT2D eigenvalue weighted by Crippen LogP contribution is -2.45. The maximum Gasteiger partial charge on any atom is 0.423 e. The molecule has 44 heavy (non-hydrogen) atoms. The first-order valence-corrected chi connectivity index (χ1v) is 14.3. The highest BCUT2D eigenvalue weighted by Gasteiger charge is 2.38. The monoisotopic (exact) mass is 616 g/mol. The Hall–Kier alpha value is -4.01. The summed E-state index contributed by atoms with van der Waals surface area (Å²) in [5, 5.41) is 16.1. The summed E-state index contributed by atoms with van der Waals surface area (Å²) >= 11 is 0. The molecule has 1 aliphatic carbocycles. The van der Waals surface area contributed by atoms with Gasteiger partial charge in [0.2, 0.25) is 11.8 Å². The smallest absolute Gasteiger partial charge is 0.423 e. The molecule has 0 bridgehead atoms. The predicted octanol–water partition coefficient (Wildman–Crippen LogP) is 4.97. The van der Waals surface area contributed by atoms with E-state index in [1.807, 2.05) is 0 Å². The minimum Gasteiger partial charge on any atom is -0.495 e. The van der Waals surface area contributed by atoms with Crippen molar-refractivity contribution >= 4 is 17.5 Å². The topological polar surface area (TPSA) is 112 Å². The molecule has 1 saturated carbocycles. The number of carbonyl (C=O) groups is 1. The number of amides is 1. The second-order valence-electron chi connectivity index (χ2n) is 11.3. The minimum atomic E-state index is -4.85. The first-order chi connectivity index (χ1) is 21.0. The fourth-order valence-electron chi connectivity index (χ4n) is 5.71. The molecule has 2 aromatic carbocycles. The molecular formula is C30H32F4N6O4. The van der Waals surface area contributed by atoms with Crippen LogP contribution in [0.3, 0.4) is 0 Å². The van der Waals surface area contributed by atoms with Gasteiger partial charge in [0.15, 0.2) is 0 Å². The summed E-state index contributed by atoms with van der Waals surface area (Å²) in [7, 11) is 2.98. The fraction of sp³-hybridized carbons (Fsp3) is 0.433. The zero-order chi connectivity index (χ0) is 31.2. The molecular weight excluding hydrogens is 584 g/mol. The number of aromatic nitrogens is 2. The molecule has 1 unspecified atom stereocenters. The van der Waals surface area contributed by atoms with E-state index >= 15 is 4.39 Å². The van der Waals surface area contributed by atoms with E-state index in [-0.39, 0.29) is 34.7 Å². The molecule has 3 heterocycles. The van der Waals surface area contributed by atoms with Crippen molar-refractivity contribution in [3.63, 3.8) is 0 Å². The predicted molar refractivity (Wildman–Crippen MR) is 151 cm³/mol. The van der Waals surface area contributed by atoms with Gasteiger partial charge in [-0.05, 0) is 50.4 Å². The van der Waals surface area contributed by atoms with Crippen molar-refractivity contribution in [2.45, 2.75) is 56.7 Å². The zero-order valence-electron chi connectivity index (χ0n) is 24.1. The molecule has 2 fully saturated rings. The molecule has 1 atom stereocenters. The van der Waals surface area contributed by atoms with Gasteiger partial charge in [0, 0.05) is 49.5 Å². The molecule has 3 aromatic rings. The van der Waals surface area contributed by atoms with E-state index in [1.54, 1.807) is 24.1 Å². The Morgan fingerprint density at radius 3 is 2.55 bits per heavy atom. The molecule has 1 saturated heterocycles. The lowest BCUT2D eigenvalue weighted by Gasteiger charge is -2.32. The van der Waals surface area contributed by atoms with Crippen molar-refractivity contribution in [1.29, 1.82) is 0 Å². The van der Waals surface area contributed by atoms with Crippen molar-refractivity contribution in [2.24, 2.45) is 0 Å². The Kier molecular flexibility index (Phi) is 8.07. The molecule has 6 rings (SSSR count). The Labute approximate surface area is 251 Å². The molecule has 10 nitrogen and oxygen atoms in total. The number of nitrogens with zero attached hydrogens (tertiary/aromatic N) is 4. The first kappa shape index (κ1) is 30.0. The molecule has 2 aliphatic heterocycles. The van der Waals surface area contributed by atoms with Crippen LogP contribution in [-0.2, 0) is 12.7 Å². The van der Waals surface area contributed by atoms with Gasteiger partial charge in [0.25, 0.3) is 5.91 Å². The van der Waals surface area contributed by atoms with Crippen molar-refractivity contribution < 1.29 is 36.9 Å². The van der Waals surface area contributed by atoms with E-state index in [9.17, 15) is 23.1 Å². The van der Waals surface area contributed by atoms with Gasteiger partial charge in [0.1, 0.15) is 29.1 Å². The largest absolute Gasteiger partial charge is 0.495 e. The van der Waals surface area contributed by atoms with Gasteiger partial charge in [-0.15, -0.1) is 0 Å². The van der Waals surface area contributed by atoms with Crippen LogP contribution in [0.5, 0.6) is 17.4 Å². The number of nitrogens with one attached hydrogen (secondary N) is 2. The molecule has 0 spiro atoms. The molecule has 14 heteroatoms. The van der Waals surface area contributed by atoms with Crippen LogP contribution in [-0.4, -0.2) is 70.1 Å². The molecule has 1 amide bonds. The summed E-state index contributed by atoms with van der Waals surface area (Å²) in [5.41, 5.74) is -0.443. The number of aliphatic hydroxyl groups excluding tert-OH is 1. The highest BCUT2D eigenvalue weighted by molar-refractivity contribution is 5.96. The van der Waals surface area contributed by atoms with Gasteiger partial charge in [-0.3, -0.25) is 9.69 Å². The molecule has 234 valence electrons. The summed E-state index contributed by atoms with van der Waals surface area (Å²) in [6, 6.07) is 7.59. The van der Waals surface area contributed by atoms with E-state index < -0.39 is 35.6 Å². The number of rotatable bonds is 8. The number of hydrogen-bond donors (Lipinski definition) is 3. The number of fused-ring (bicyclic) bond motifs is 1. The molecule has 3 N–H and O–H groups in total. The number of benzene rings is 2. The third kappa shape index (κ3) is 6.14. The SMILES string of the molecule is COc1cc(C(=O)NC2CCN(C3CC3)CC2)c(F)cc1Nc1ncc(C(F)(F)F)c(Oc2cccc3c2C(O)N(C)C3)n1. The average Bonchev–Trinajstić information content (AvgIpc) is 3.78. The normalized spacial score (nSPS) is 19.5. The number of aliphatic hydroxyl groups is 1. The van der Waals surface area contributed by atoms with Crippen LogP contribution >= 0.6 is 0 Å². The number of likely N-dealkylation sites (tertiary alicyclic amines) is 1. The summed E-state index contributed by atoms with van der Waals surface area (Å²) < 4.78 is 67.9. The third-order valence-corrected chi connectivity index (χ3v) is 8.23. The molecule has 0 radical (unpaired) electrons. The Morgan fingerprint density at radius 1 is 1.11 bits per heavy atom. The average molecular weight is 617 g/mol. The number of alkyl halides is 3. The molecule has 1 aromatic heterocycles. The highest BCUT2D eigenvalue weighted by Crippen LogP contribution is 2.42. The number of halogens is 4. The summed E-state index contributed by atoms with van der Waals surface area (Å²) in [4.78, 5) is 24.7. The van der Waals surface area contributed by atoms with Crippen molar-refractivity contribution in [1.82, 2.24) is 25.1 Å². The first-order valence-electron chi connectivity index (χ1n) is 14.3. The van der Waals surface area contributed by atoms with Gasteiger partial charge >= 0.3 is 6.18 Å². The van der Waals surface area contributed by atoms with E-state index in [1.165, 1.54) is 32.1 Å². The van der Waals surface area contributed by atoms with Crippen LogP contribution < -0.4 is 20.1 Å². The Morgan fingerprint density at radius 2 is 1.86 bits per heavy atom. The zero-order valence-corrected chi connectivity index (χ0v) is 24.1. The van der Waals surface area contributed by atoms with Crippen molar-refractivity contribution in [3.8, 4) is 17.4 Å². The summed E-state index contributed by atoms with van der Waals surface area (Å²) in [6.45, 7) is 2.15. The van der Waals surface area contributed by atoms with Gasteiger partial charge < -0.3 is 30.1 Å². The van der Waals surface area contributed by atoms with Crippen LogP contribution in [0.4, 0.5) is 29.2 Å². The number of ether oxygens (including phenoxy) is 2. The maximum absolute atomic E-state index is 15.2.